The first-order valence-electron chi connectivity index (χ1n) is 5.81. The fraction of sp³-hybridized carbons (Fsp3) is 0.286. The van der Waals surface area contributed by atoms with Crippen molar-refractivity contribution < 1.29 is 4.74 Å². The van der Waals surface area contributed by atoms with Gasteiger partial charge in [-0.05, 0) is 43.8 Å². The van der Waals surface area contributed by atoms with Crippen LogP contribution >= 0.6 is 35.4 Å². The Balaban J connectivity index is 2.97. The predicted molar refractivity (Wildman–Crippen MR) is 85.9 cm³/mol. The molecule has 3 nitrogen and oxygen atoms in total. The van der Waals surface area contributed by atoms with Gasteiger partial charge in [0.05, 0.1) is 17.2 Å². The van der Waals surface area contributed by atoms with Gasteiger partial charge >= 0.3 is 0 Å². The van der Waals surface area contributed by atoms with Gasteiger partial charge in [-0.1, -0.05) is 29.3 Å². The zero-order valence-electron chi connectivity index (χ0n) is 11.3. The highest BCUT2D eigenvalue weighted by molar-refractivity contribution is 7.80. The van der Waals surface area contributed by atoms with Crippen LogP contribution in [0.25, 0.3) is 0 Å². The second kappa shape index (κ2) is 7.49. The minimum Gasteiger partial charge on any atom is -0.486 e. The molecule has 1 rings (SSSR count). The zero-order valence-corrected chi connectivity index (χ0v) is 13.7. The molecule has 106 valence electrons. The molecule has 1 N–H and O–H groups in total. The quantitative estimate of drug-likeness (QED) is 0.505. The molecular weight excluding hydrogens is 315 g/mol. The van der Waals surface area contributed by atoms with Gasteiger partial charge in [-0.15, -0.1) is 0 Å². The number of nitrogens with zero attached hydrogens (tertiary/aromatic N) is 1. The van der Waals surface area contributed by atoms with E-state index in [-0.39, 0.29) is 11.1 Å². The van der Waals surface area contributed by atoms with Gasteiger partial charge in [-0.2, -0.15) is 5.26 Å². The number of hydrogen-bond donors (Lipinski definition) is 1. The summed E-state index contributed by atoms with van der Waals surface area (Å²) in [7, 11) is 1.44. The van der Waals surface area contributed by atoms with Crippen LogP contribution in [-0.2, 0) is 4.74 Å². The number of thiocarbonyl (C=S) groups is 1. The maximum Gasteiger partial charge on any atom is 0.203 e. The van der Waals surface area contributed by atoms with Crippen LogP contribution in [0, 0.1) is 11.3 Å². The van der Waals surface area contributed by atoms with Gasteiger partial charge in [0.25, 0.3) is 0 Å². The summed E-state index contributed by atoms with van der Waals surface area (Å²) in [5.41, 5.74) is 1.92. The topological polar surface area (TPSA) is 45.0 Å². The smallest absolute Gasteiger partial charge is 0.203 e. The second-order valence-electron chi connectivity index (χ2n) is 4.14. The van der Waals surface area contributed by atoms with Crippen molar-refractivity contribution in [1.82, 2.24) is 5.32 Å². The normalized spacial score (nSPS) is 13.0. The number of benzene rings is 1. The summed E-state index contributed by atoms with van der Waals surface area (Å²) >= 11 is 16.9. The molecule has 20 heavy (non-hydrogen) atoms. The molecule has 0 heterocycles. The lowest BCUT2D eigenvalue weighted by Gasteiger charge is -2.18. The van der Waals surface area contributed by atoms with Crippen LogP contribution in [0.1, 0.15) is 25.5 Å². The van der Waals surface area contributed by atoms with E-state index in [1.54, 1.807) is 19.1 Å². The molecule has 0 aliphatic carbocycles. The molecule has 1 aromatic carbocycles. The van der Waals surface area contributed by atoms with E-state index >= 15 is 0 Å². The molecular formula is C14H14Cl2N2OS. The number of nitriles is 1. The molecule has 1 atom stereocenters. The van der Waals surface area contributed by atoms with Crippen molar-refractivity contribution in [1.29, 1.82) is 5.26 Å². The van der Waals surface area contributed by atoms with Crippen molar-refractivity contribution in [3.8, 4) is 6.07 Å². The Hall–Kier alpha value is -1.28. The fourth-order valence-electron chi connectivity index (χ4n) is 1.65. The van der Waals surface area contributed by atoms with E-state index in [1.165, 1.54) is 7.11 Å². The lowest BCUT2D eigenvalue weighted by molar-refractivity contribution is 0.415. The van der Waals surface area contributed by atoms with Gasteiger partial charge in [-0.25, -0.2) is 0 Å². The van der Waals surface area contributed by atoms with Gasteiger partial charge in [0.2, 0.25) is 5.05 Å². The maximum absolute atomic E-state index is 9.11. The Morgan fingerprint density at radius 2 is 2.05 bits per heavy atom. The molecule has 0 fully saturated rings. The zero-order chi connectivity index (χ0) is 15.3. The lowest BCUT2D eigenvalue weighted by atomic mass is 10.1. The monoisotopic (exact) mass is 328 g/mol. The molecule has 0 saturated carbocycles. The minimum absolute atomic E-state index is 0.0484. The van der Waals surface area contributed by atoms with Gasteiger partial charge in [0, 0.05) is 11.7 Å². The van der Waals surface area contributed by atoms with Crippen LogP contribution in [-0.4, -0.2) is 12.2 Å². The Bertz CT molecular complexity index is 593. The van der Waals surface area contributed by atoms with Crippen molar-refractivity contribution in [3.05, 3.63) is 45.1 Å². The third-order valence-corrected chi connectivity index (χ3v) is 3.86. The first-order valence-corrected chi connectivity index (χ1v) is 6.97. The second-order valence-corrected chi connectivity index (χ2v) is 5.33. The molecule has 1 unspecified atom stereocenters. The molecule has 6 heteroatoms. The predicted octanol–water partition coefficient (Wildman–Crippen LogP) is 4.42. The standard InChI is InChI=1S/C14H14Cl2N2OS/c1-8(10-4-5-12(15)13(16)6-10)18-9(2)11(7-17)14(20)19-3/h4-6,8,18H,1-3H3. The van der Waals surface area contributed by atoms with Gasteiger partial charge < -0.3 is 10.1 Å². The van der Waals surface area contributed by atoms with Crippen molar-refractivity contribution in [2.24, 2.45) is 0 Å². The number of allylic oxidation sites excluding steroid dienone is 1. The van der Waals surface area contributed by atoms with E-state index in [1.807, 2.05) is 19.1 Å². The summed E-state index contributed by atoms with van der Waals surface area (Å²) in [6.07, 6.45) is 0. The number of nitrogens with one attached hydrogen (secondary N) is 1. The van der Waals surface area contributed by atoms with Crippen LogP contribution in [0.4, 0.5) is 0 Å². The van der Waals surface area contributed by atoms with Crippen LogP contribution in [0.3, 0.4) is 0 Å². The Morgan fingerprint density at radius 1 is 1.40 bits per heavy atom. The highest BCUT2D eigenvalue weighted by Crippen LogP contribution is 2.26. The molecule has 1 aromatic rings. The van der Waals surface area contributed by atoms with E-state index < -0.39 is 0 Å². The summed E-state index contributed by atoms with van der Waals surface area (Å²) in [6.45, 7) is 3.73. The molecule has 0 spiro atoms. The molecule has 0 aliphatic rings. The first kappa shape index (κ1) is 16.8. The molecule has 0 aliphatic heterocycles. The summed E-state index contributed by atoms with van der Waals surface area (Å²) in [5, 5.41) is 13.5. The Kier molecular flexibility index (Phi) is 6.28. The Morgan fingerprint density at radius 3 is 2.55 bits per heavy atom. The molecule has 0 saturated heterocycles. The third kappa shape index (κ3) is 4.11. The fourth-order valence-corrected chi connectivity index (χ4v) is 2.15. The molecule has 0 aromatic heterocycles. The van der Waals surface area contributed by atoms with E-state index in [9.17, 15) is 0 Å². The van der Waals surface area contributed by atoms with E-state index in [0.717, 1.165) is 5.56 Å². The van der Waals surface area contributed by atoms with E-state index in [2.05, 4.69) is 5.32 Å². The molecule has 0 amide bonds. The largest absolute Gasteiger partial charge is 0.486 e. The van der Waals surface area contributed by atoms with Crippen LogP contribution in [0.15, 0.2) is 29.5 Å². The number of hydrogen-bond acceptors (Lipinski definition) is 4. The average molecular weight is 329 g/mol. The summed E-state index contributed by atoms with van der Waals surface area (Å²) in [4.78, 5) is 0. The first-order chi connectivity index (χ1) is 9.40. The van der Waals surface area contributed by atoms with Gasteiger partial charge in [0.15, 0.2) is 0 Å². The van der Waals surface area contributed by atoms with Crippen LogP contribution in [0.5, 0.6) is 0 Å². The van der Waals surface area contributed by atoms with E-state index in [0.29, 0.717) is 21.3 Å². The van der Waals surface area contributed by atoms with E-state index in [4.69, 9.17) is 45.4 Å². The van der Waals surface area contributed by atoms with Gasteiger partial charge in [0.1, 0.15) is 11.6 Å². The highest BCUT2D eigenvalue weighted by atomic mass is 35.5. The van der Waals surface area contributed by atoms with Crippen LogP contribution < -0.4 is 5.32 Å². The number of halogens is 2. The maximum atomic E-state index is 9.11. The van der Waals surface area contributed by atoms with Crippen LogP contribution in [0.2, 0.25) is 10.0 Å². The van der Waals surface area contributed by atoms with Crippen molar-refractivity contribution >= 4 is 40.5 Å². The Labute approximate surface area is 134 Å². The SMILES string of the molecule is COC(=S)C(C#N)=C(C)NC(C)c1ccc(Cl)c(Cl)c1. The number of rotatable bonds is 4. The summed E-state index contributed by atoms with van der Waals surface area (Å²) in [5.74, 6) is 0. The highest BCUT2D eigenvalue weighted by Gasteiger charge is 2.13. The summed E-state index contributed by atoms with van der Waals surface area (Å²) in [6, 6.07) is 7.38. The number of methoxy groups -OCH3 is 1. The molecule has 0 bridgehead atoms. The average Bonchev–Trinajstić information content (AvgIpc) is 2.42. The van der Waals surface area contributed by atoms with Crippen molar-refractivity contribution in [3.63, 3.8) is 0 Å². The third-order valence-electron chi connectivity index (χ3n) is 2.75. The van der Waals surface area contributed by atoms with Gasteiger partial charge in [-0.3, -0.25) is 0 Å². The summed E-state index contributed by atoms with van der Waals surface area (Å²) < 4.78 is 4.92. The van der Waals surface area contributed by atoms with Crippen molar-refractivity contribution in [2.75, 3.05) is 7.11 Å². The van der Waals surface area contributed by atoms with Crippen molar-refractivity contribution in [2.45, 2.75) is 19.9 Å². The molecule has 0 radical (unpaired) electrons. The lowest BCUT2D eigenvalue weighted by Crippen LogP contribution is -2.20. The number of ether oxygens (including phenoxy) is 1. The minimum atomic E-state index is -0.0484.